The third-order valence-corrected chi connectivity index (χ3v) is 3.42. The highest BCUT2D eigenvalue weighted by molar-refractivity contribution is 4.76. The molecule has 0 bridgehead atoms. The van der Waals surface area contributed by atoms with Crippen LogP contribution in [-0.2, 0) is 4.74 Å². The zero-order valence-corrected chi connectivity index (χ0v) is 9.55. The molecule has 1 aliphatic carbocycles. The van der Waals surface area contributed by atoms with Gasteiger partial charge in [0.25, 0.3) is 0 Å². The molecule has 13 heavy (non-hydrogen) atoms. The van der Waals surface area contributed by atoms with Crippen LogP contribution in [0.3, 0.4) is 0 Å². The topological polar surface area (TPSA) is 9.23 Å². The highest BCUT2D eigenvalue weighted by atomic mass is 16.5. The Morgan fingerprint density at radius 2 is 1.92 bits per heavy atom. The van der Waals surface area contributed by atoms with Crippen LogP contribution in [0.1, 0.15) is 53.4 Å². The lowest BCUT2D eigenvalue weighted by atomic mass is 10.1. The SMILES string of the molecule is CCC1CCC(OC(C)C(C)C)C1. The molecule has 1 heteroatoms. The van der Waals surface area contributed by atoms with Crippen molar-refractivity contribution in [1.29, 1.82) is 0 Å². The summed E-state index contributed by atoms with van der Waals surface area (Å²) < 4.78 is 6.00. The van der Waals surface area contributed by atoms with Crippen molar-refractivity contribution < 1.29 is 4.74 Å². The van der Waals surface area contributed by atoms with E-state index in [1.165, 1.54) is 25.7 Å². The van der Waals surface area contributed by atoms with Crippen LogP contribution in [0, 0.1) is 11.8 Å². The van der Waals surface area contributed by atoms with Crippen LogP contribution in [0.2, 0.25) is 0 Å². The van der Waals surface area contributed by atoms with Crippen LogP contribution in [0.4, 0.5) is 0 Å². The standard InChI is InChI=1S/C12H24O/c1-5-11-6-7-12(8-11)13-10(4)9(2)3/h9-12H,5-8H2,1-4H3. The normalized spacial score (nSPS) is 31.2. The van der Waals surface area contributed by atoms with Crippen LogP contribution < -0.4 is 0 Å². The Morgan fingerprint density at radius 1 is 1.23 bits per heavy atom. The van der Waals surface area contributed by atoms with E-state index in [1.807, 2.05) is 0 Å². The number of hydrogen-bond acceptors (Lipinski definition) is 1. The molecular weight excluding hydrogens is 160 g/mol. The Balaban J connectivity index is 2.23. The molecule has 3 atom stereocenters. The average molecular weight is 184 g/mol. The van der Waals surface area contributed by atoms with Crippen molar-refractivity contribution in [1.82, 2.24) is 0 Å². The molecule has 0 spiro atoms. The molecule has 0 heterocycles. The van der Waals surface area contributed by atoms with Gasteiger partial charge in [-0.1, -0.05) is 27.2 Å². The van der Waals surface area contributed by atoms with Crippen molar-refractivity contribution in [2.45, 2.75) is 65.6 Å². The second-order valence-corrected chi connectivity index (χ2v) is 4.79. The zero-order chi connectivity index (χ0) is 9.84. The van der Waals surface area contributed by atoms with Crippen molar-refractivity contribution in [3.8, 4) is 0 Å². The van der Waals surface area contributed by atoms with E-state index in [1.54, 1.807) is 0 Å². The zero-order valence-electron chi connectivity index (χ0n) is 9.55. The van der Waals surface area contributed by atoms with E-state index in [-0.39, 0.29) is 0 Å². The van der Waals surface area contributed by atoms with E-state index in [2.05, 4.69) is 27.7 Å². The molecule has 0 aliphatic heterocycles. The maximum Gasteiger partial charge on any atom is 0.0581 e. The summed E-state index contributed by atoms with van der Waals surface area (Å²) in [5, 5.41) is 0. The smallest absolute Gasteiger partial charge is 0.0581 e. The third kappa shape index (κ3) is 3.30. The molecule has 0 radical (unpaired) electrons. The average Bonchev–Trinajstić information content (AvgIpc) is 2.52. The molecule has 0 saturated heterocycles. The van der Waals surface area contributed by atoms with Gasteiger partial charge in [-0.3, -0.25) is 0 Å². The lowest BCUT2D eigenvalue weighted by Gasteiger charge is -2.21. The molecule has 0 aromatic heterocycles. The second-order valence-electron chi connectivity index (χ2n) is 4.79. The highest BCUT2D eigenvalue weighted by Crippen LogP contribution is 2.31. The Labute approximate surface area is 82.9 Å². The monoisotopic (exact) mass is 184 g/mol. The fraction of sp³-hybridized carbons (Fsp3) is 1.00. The first kappa shape index (κ1) is 11.0. The molecule has 1 rings (SSSR count). The molecule has 1 nitrogen and oxygen atoms in total. The lowest BCUT2D eigenvalue weighted by molar-refractivity contribution is -0.0229. The number of hydrogen-bond donors (Lipinski definition) is 0. The van der Waals surface area contributed by atoms with Gasteiger partial charge in [-0.05, 0) is 38.0 Å². The minimum Gasteiger partial charge on any atom is -0.375 e. The minimum atomic E-state index is 0.431. The number of rotatable bonds is 4. The van der Waals surface area contributed by atoms with E-state index in [4.69, 9.17) is 4.74 Å². The molecule has 3 unspecified atom stereocenters. The van der Waals surface area contributed by atoms with Crippen LogP contribution >= 0.6 is 0 Å². The molecular formula is C12H24O. The minimum absolute atomic E-state index is 0.431. The summed E-state index contributed by atoms with van der Waals surface area (Å²) in [4.78, 5) is 0. The predicted octanol–water partition coefficient (Wildman–Crippen LogP) is 3.63. The third-order valence-electron chi connectivity index (χ3n) is 3.42. The maximum atomic E-state index is 6.00. The van der Waals surface area contributed by atoms with Gasteiger partial charge in [0.1, 0.15) is 0 Å². The summed E-state index contributed by atoms with van der Waals surface area (Å²) >= 11 is 0. The Bertz CT molecular complexity index is 142. The molecule has 0 aromatic rings. The van der Waals surface area contributed by atoms with Crippen LogP contribution in [0.25, 0.3) is 0 Å². The van der Waals surface area contributed by atoms with Gasteiger partial charge >= 0.3 is 0 Å². The first-order valence-corrected chi connectivity index (χ1v) is 5.79. The molecule has 1 aliphatic rings. The van der Waals surface area contributed by atoms with Crippen molar-refractivity contribution in [3.05, 3.63) is 0 Å². The van der Waals surface area contributed by atoms with Crippen molar-refractivity contribution in [2.75, 3.05) is 0 Å². The summed E-state index contributed by atoms with van der Waals surface area (Å²) in [6.45, 7) is 8.96. The van der Waals surface area contributed by atoms with E-state index in [0.29, 0.717) is 18.1 Å². The van der Waals surface area contributed by atoms with E-state index in [9.17, 15) is 0 Å². The molecule has 78 valence electrons. The van der Waals surface area contributed by atoms with E-state index >= 15 is 0 Å². The van der Waals surface area contributed by atoms with Gasteiger partial charge in [-0.25, -0.2) is 0 Å². The largest absolute Gasteiger partial charge is 0.375 e. The number of ether oxygens (including phenoxy) is 1. The van der Waals surface area contributed by atoms with E-state index in [0.717, 1.165) is 5.92 Å². The molecule has 1 saturated carbocycles. The van der Waals surface area contributed by atoms with E-state index < -0.39 is 0 Å². The van der Waals surface area contributed by atoms with Gasteiger partial charge in [-0.15, -0.1) is 0 Å². The predicted molar refractivity (Wildman–Crippen MR) is 56.8 cm³/mol. The molecule has 1 fully saturated rings. The van der Waals surface area contributed by atoms with Crippen LogP contribution in [0.15, 0.2) is 0 Å². The van der Waals surface area contributed by atoms with Gasteiger partial charge in [0.05, 0.1) is 12.2 Å². The fourth-order valence-electron chi connectivity index (χ4n) is 1.98. The maximum absolute atomic E-state index is 6.00. The van der Waals surface area contributed by atoms with Crippen LogP contribution in [0.5, 0.6) is 0 Å². The van der Waals surface area contributed by atoms with Gasteiger partial charge in [0, 0.05) is 0 Å². The Morgan fingerprint density at radius 3 is 2.38 bits per heavy atom. The first-order chi connectivity index (χ1) is 6.13. The van der Waals surface area contributed by atoms with Crippen molar-refractivity contribution >= 4 is 0 Å². The quantitative estimate of drug-likeness (QED) is 0.648. The molecule has 0 aromatic carbocycles. The second kappa shape index (κ2) is 4.99. The lowest BCUT2D eigenvalue weighted by Crippen LogP contribution is -2.22. The van der Waals surface area contributed by atoms with Gasteiger partial charge in [0.15, 0.2) is 0 Å². The van der Waals surface area contributed by atoms with Gasteiger partial charge < -0.3 is 4.74 Å². The van der Waals surface area contributed by atoms with Gasteiger partial charge in [-0.2, -0.15) is 0 Å². The Kier molecular flexibility index (Phi) is 4.24. The van der Waals surface area contributed by atoms with Crippen molar-refractivity contribution in [2.24, 2.45) is 11.8 Å². The highest BCUT2D eigenvalue weighted by Gasteiger charge is 2.25. The summed E-state index contributed by atoms with van der Waals surface area (Å²) in [6.07, 6.45) is 6.29. The summed E-state index contributed by atoms with van der Waals surface area (Å²) in [5.41, 5.74) is 0. The molecule has 0 N–H and O–H groups in total. The first-order valence-electron chi connectivity index (χ1n) is 5.79. The summed E-state index contributed by atoms with van der Waals surface area (Å²) in [5.74, 6) is 1.59. The summed E-state index contributed by atoms with van der Waals surface area (Å²) in [7, 11) is 0. The van der Waals surface area contributed by atoms with Crippen LogP contribution in [-0.4, -0.2) is 12.2 Å². The summed E-state index contributed by atoms with van der Waals surface area (Å²) in [6, 6.07) is 0. The van der Waals surface area contributed by atoms with Crippen molar-refractivity contribution in [3.63, 3.8) is 0 Å². The van der Waals surface area contributed by atoms with Gasteiger partial charge in [0.2, 0.25) is 0 Å². The fourth-order valence-corrected chi connectivity index (χ4v) is 1.98. The molecule has 0 amide bonds. The Hall–Kier alpha value is -0.0400.